The van der Waals surface area contributed by atoms with E-state index >= 15 is 0 Å². The fourth-order valence-corrected chi connectivity index (χ4v) is 2.10. The first-order valence-electron chi connectivity index (χ1n) is 7.46. The van der Waals surface area contributed by atoms with E-state index in [9.17, 15) is 4.79 Å². The number of pyridine rings is 1. The van der Waals surface area contributed by atoms with Gasteiger partial charge in [0.25, 0.3) is 5.91 Å². The molecule has 0 fully saturated rings. The third-order valence-corrected chi connectivity index (χ3v) is 3.47. The van der Waals surface area contributed by atoms with Gasteiger partial charge in [-0.25, -0.2) is 4.98 Å². The Morgan fingerprint density at radius 1 is 1.14 bits per heavy atom. The molecule has 1 heterocycles. The molecule has 1 aromatic carbocycles. The highest BCUT2D eigenvalue weighted by molar-refractivity contribution is 6.30. The number of nitrogens with zero attached hydrogens (tertiary/aromatic N) is 1. The van der Waals surface area contributed by atoms with E-state index < -0.39 is 0 Å². The lowest BCUT2D eigenvalue weighted by atomic mass is 10.2. The number of hydrogen-bond acceptors (Lipinski definition) is 3. The van der Waals surface area contributed by atoms with Crippen molar-refractivity contribution in [2.45, 2.75) is 26.2 Å². The molecule has 0 atom stereocenters. The van der Waals surface area contributed by atoms with Gasteiger partial charge in [0.2, 0.25) is 0 Å². The van der Waals surface area contributed by atoms with Gasteiger partial charge in [-0.15, -0.1) is 0 Å². The molecule has 0 radical (unpaired) electrons. The summed E-state index contributed by atoms with van der Waals surface area (Å²) in [5.41, 5.74) is 1.51. The summed E-state index contributed by atoms with van der Waals surface area (Å²) in [5.74, 6) is 0.326. The molecule has 22 heavy (non-hydrogen) atoms. The van der Waals surface area contributed by atoms with Crippen molar-refractivity contribution in [3.05, 3.63) is 53.2 Å². The minimum Gasteiger partial charge on any atom is -0.384 e. The molecule has 4 nitrogen and oxygen atoms in total. The van der Waals surface area contributed by atoms with Crippen molar-refractivity contribution in [3.63, 3.8) is 0 Å². The van der Waals surface area contributed by atoms with Crippen molar-refractivity contribution in [2.24, 2.45) is 0 Å². The van der Waals surface area contributed by atoms with Gasteiger partial charge in [-0.1, -0.05) is 31.4 Å². The molecule has 2 aromatic rings. The number of unbranched alkanes of at least 4 members (excludes halogenated alkanes) is 2. The van der Waals surface area contributed by atoms with Gasteiger partial charge in [0.1, 0.15) is 5.82 Å². The number of amides is 1. The summed E-state index contributed by atoms with van der Waals surface area (Å²) in [6.45, 7) is 3.12. The van der Waals surface area contributed by atoms with E-state index in [1.807, 2.05) is 6.07 Å². The Balaban J connectivity index is 1.88. The minimum absolute atomic E-state index is 0.201. The van der Waals surface area contributed by atoms with Crippen molar-refractivity contribution in [2.75, 3.05) is 17.2 Å². The van der Waals surface area contributed by atoms with Gasteiger partial charge in [0, 0.05) is 17.1 Å². The van der Waals surface area contributed by atoms with Gasteiger partial charge in [0.05, 0.1) is 11.9 Å². The normalized spacial score (nSPS) is 10.3. The molecule has 2 N–H and O–H groups in total. The van der Waals surface area contributed by atoms with Gasteiger partial charge >= 0.3 is 0 Å². The number of aromatic nitrogens is 1. The minimum atomic E-state index is -0.201. The van der Waals surface area contributed by atoms with Crippen LogP contribution in [0.5, 0.6) is 0 Å². The number of carbonyl (C=O) groups excluding carboxylic acids is 1. The van der Waals surface area contributed by atoms with Crippen LogP contribution in [0.15, 0.2) is 42.6 Å². The summed E-state index contributed by atoms with van der Waals surface area (Å²) in [6, 6.07) is 10.4. The average Bonchev–Trinajstić information content (AvgIpc) is 2.54. The third kappa shape index (κ3) is 5.04. The summed E-state index contributed by atoms with van der Waals surface area (Å²) in [7, 11) is 0. The quantitative estimate of drug-likeness (QED) is 0.734. The van der Waals surface area contributed by atoms with Crippen LogP contribution < -0.4 is 10.6 Å². The van der Waals surface area contributed by atoms with E-state index in [1.54, 1.807) is 36.5 Å². The predicted octanol–water partition coefficient (Wildman–Crippen LogP) is 4.59. The summed E-state index contributed by atoms with van der Waals surface area (Å²) in [6.07, 6.45) is 5.29. The van der Waals surface area contributed by atoms with Crippen molar-refractivity contribution >= 4 is 29.0 Å². The highest BCUT2D eigenvalue weighted by atomic mass is 35.5. The zero-order chi connectivity index (χ0) is 15.8. The molecular weight excluding hydrogens is 298 g/mol. The number of halogens is 1. The van der Waals surface area contributed by atoms with Gasteiger partial charge in [-0.3, -0.25) is 4.79 Å². The van der Waals surface area contributed by atoms with E-state index in [4.69, 9.17) is 11.6 Å². The first-order chi connectivity index (χ1) is 10.7. The fourth-order valence-electron chi connectivity index (χ4n) is 1.97. The second-order valence-corrected chi connectivity index (χ2v) is 5.46. The van der Waals surface area contributed by atoms with E-state index in [0.717, 1.165) is 18.7 Å². The van der Waals surface area contributed by atoms with E-state index in [-0.39, 0.29) is 5.91 Å². The maximum atomic E-state index is 12.0. The standard InChI is InChI=1S/C17H20ClN3O/c1-2-3-4-11-19-15-9-10-16(20-12-15)21-17(22)13-5-7-14(18)8-6-13/h5-10,12,19H,2-4,11H2,1H3,(H,20,21,22). The predicted molar refractivity (Wildman–Crippen MR) is 91.7 cm³/mol. The van der Waals surface area contributed by atoms with Crippen LogP contribution in [0.4, 0.5) is 11.5 Å². The molecule has 116 valence electrons. The van der Waals surface area contributed by atoms with Crippen LogP contribution in [0.3, 0.4) is 0 Å². The van der Waals surface area contributed by atoms with E-state index in [0.29, 0.717) is 16.4 Å². The number of nitrogens with one attached hydrogen (secondary N) is 2. The first kappa shape index (κ1) is 16.3. The Morgan fingerprint density at radius 2 is 1.91 bits per heavy atom. The molecule has 0 unspecified atom stereocenters. The van der Waals surface area contributed by atoms with Gasteiger partial charge in [-0.05, 0) is 42.8 Å². The maximum Gasteiger partial charge on any atom is 0.256 e. The van der Waals surface area contributed by atoms with Crippen molar-refractivity contribution in [1.29, 1.82) is 0 Å². The molecule has 0 spiro atoms. The van der Waals surface area contributed by atoms with Crippen molar-refractivity contribution in [3.8, 4) is 0 Å². The largest absolute Gasteiger partial charge is 0.384 e. The summed E-state index contributed by atoms with van der Waals surface area (Å²) >= 11 is 5.80. The molecule has 0 aliphatic rings. The Kier molecular flexibility index (Phi) is 6.22. The second-order valence-electron chi connectivity index (χ2n) is 5.03. The molecule has 0 aliphatic heterocycles. The van der Waals surface area contributed by atoms with Crippen LogP contribution in [0.25, 0.3) is 0 Å². The molecule has 0 bridgehead atoms. The summed E-state index contributed by atoms with van der Waals surface area (Å²) < 4.78 is 0. The van der Waals surface area contributed by atoms with Crippen molar-refractivity contribution in [1.82, 2.24) is 4.98 Å². The smallest absolute Gasteiger partial charge is 0.256 e. The molecular formula is C17H20ClN3O. The average molecular weight is 318 g/mol. The van der Waals surface area contributed by atoms with E-state index in [1.165, 1.54) is 12.8 Å². The third-order valence-electron chi connectivity index (χ3n) is 3.22. The lowest BCUT2D eigenvalue weighted by Gasteiger charge is -2.08. The van der Waals surface area contributed by atoms with Gasteiger partial charge < -0.3 is 10.6 Å². The monoisotopic (exact) mass is 317 g/mol. The van der Waals surface area contributed by atoms with Crippen LogP contribution in [-0.2, 0) is 0 Å². The molecule has 5 heteroatoms. The molecule has 1 amide bonds. The van der Waals surface area contributed by atoms with Crippen LogP contribution in [0.2, 0.25) is 5.02 Å². The topological polar surface area (TPSA) is 54.0 Å². The summed E-state index contributed by atoms with van der Waals surface area (Å²) in [4.78, 5) is 16.3. The highest BCUT2D eigenvalue weighted by Gasteiger charge is 2.06. The zero-order valence-corrected chi connectivity index (χ0v) is 13.4. The fraction of sp³-hybridized carbons (Fsp3) is 0.294. The Hall–Kier alpha value is -2.07. The number of rotatable bonds is 7. The SMILES string of the molecule is CCCCCNc1ccc(NC(=O)c2ccc(Cl)cc2)nc1. The summed E-state index contributed by atoms with van der Waals surface area (Å²) in [5, 5.41) is 6.67. The maximum absolute atomic E-state index is 12.0. The first-order valence-corrected chi connectivity index (χ1v) is 7.83. The number of anilines is 2. The lowest BCUT2D eigenvalue weighted by Crippen LogP contribution is -2.12. The van der Waals surface area contributed by atoms with Crippen LogP contribution >= 0.6 is 11.6 Å². The molecule has 1 aromatic heterocycles. The zero-order valence-electron chi connectivity index (χ0n) is 12.6. The highest BCUT2D eigenvalue weighted by Crippen LogP contribution is 2.13. The van der Waals surface area contributed by atoms with Crippen LogP contribution in [0.1, 0.15) is 36.5 Å². The number of hydrogen-bond donors (Lipinski definition) is 2. The molecule has 0 aliphatic carbocycles. The number of benzene rings is 1. The molecule has 0 saturated carbocycles. The Labute approximate surface area is 135 Å². The Morgan fingerprint density at radius 3 is 2.55 bits per heavy atom. The second kappa shape index (κ2) is 8.39. The van der Waals surface area contributed by atoms with Crippen molar-refractivity contribution < 1.29 is 4.79 Å². The van der Waals surface area contributed by atoms with Crippen LogP contribution in [0, 0.1) is 0 Å². The van der Waals surface area contributed by atoms with E-state index in [2.05, 4.69) is 22.5 Å². The van der Waals surface area contributed by atoms with Crippen LogP contribution in [-0.4, -0.2) is 17.4 Å². The van der Waals surface area contributed by atoms with Gasteiger partial charge in [-0.2, -0.15) is 0 Å². The molecule has 2 rings (SSSR count). The van der Waals surface area contributed by atoms with Gasteiger partial charge in [0.15, 0.2) is 0 Å². The lowest BCUT2D eigenvalue weighted by molar-refractivity contribution is 0.102. The molecule has 0 saturated heterocycles. The Bertz CT molecular complexity index is 596. The number of carbonyl (C=O) groups is 1.